The van der Waals surface area contributed by atoms with E-state index in [-0.39, 0.29) is 30.3 Å². The van der Waals surface area contributed by atoms with Crippen LogP contribution in [0.5, 0.6) is 0 Å². The van der Waals surface area contributed by atoms with Crippen LogP contribution in [0.15, 0.2) is 18.5 Å². The van der Waals surface area contributed by atoms with E-state index in [1.165, 1.54) is 0 Å². The van der Waals surface area contributed by atoms with Crippen LogP contribution in [0, 0.1) is 0 Å². The standard InChI is InChI=1S/C17H22ClN5O2.ClH/c1-10(23-5-3-4-14(23)15(19)24)17(25)21-8-11-6-12-13(18)9-22(2)16(12)20-7-11;/h6-7,9-10,14H,3-5,8H2,1-2H3,(H2,19,24)(H,21,25);1H/t10-,14?;/m0./s1. The minimum Gasteiger partial charge on any atom is -0.368 e. The van der Waals surface area contributed by atoms with Crippen molar-refractivity contribution < 1.29 is 9.59 Å². The molecule has 2 aromatic heterocycles. The predicted octanol–water partition coefficient (Wildman–Crippen LogP) is 1.60. The van der Waals surface area contributed by atoms with Gasteiger partial charge in [0.05, 0.1) is 17.1 Å². The molecule has 3 heterocycles. The van der Waals surface area contributed by atoms with E-state index in [4.69, 9.17) is 17.3 Å². The van der Waals surface area contributed by atoms with Crippen LogP contribution in [0.2, 0.25) is 5.02 Å². The fourth-order valence-corrected chi connectivity index (χ4v) is 3.69. The van der Waals surface area contributed by atoms with Gasteiger partial charge in [0.15, 0.2) is 0 Å². The lowest BCUT2D eigenvalue weighted by atomic mass is 10.1. The number of amides is 2. The number of primary amides is 1. The molecule has 1 unspecified atom stereocenters. The Bertz CT molecular complexity index is 823. The molecule has 0 spiro atoms. The van der Waals surface area contributed by atoms with Gasteiger partial charge in [-0.2, -0.15) is 0 Å². The number of hydrogen-bond acceptors (Lipinski definition) is 4. The van der Waals surface area contributed by atoms with E-state index in [9.17, 15) is 9.59 Å². The molecule has 0 aliphatic carbocycles. The van der Waals surface area contributed by atoms with E-state index in [1.807, 2.05) is 22.6 Å². The first kappa shape index (κ1) is 20.5. The first-order valence-corrected chi connectivity index (χ1v) is 8.68. The molecule has 0 aromatic carbocycles. The number of aromatic nitrogens is 2. The topological polar surface area (TPSA) is 93.2 Å². The first-order chi connectivity index (χ1) is 11.9. The van der Waals surface area contributed by atoms with Crippen LogP contribution < -0.4 is 11.1 Å². The molecule has 26 heavy (non-hydrogen) atoms. The maximum atomic E-state index is 12.5. The molecule has 0 radical (unpaired) electrons. The Balaban J connectivity index is 0.00000243. The predicted molar refractivity (Wildman–Crippen MR) is 103 cm³/mol. The second-order valence-corrected chi connectivity index (χ2v) is 6.90. The zero-order valence-corrected chi connectivity index (χ0v) is 16.3. The van der Waals surface area contributed by atoms with Crippen molar-refractivity contribution >= 4 is 46.9 Å². The first-order valence-electron chi connectivity index (χ1n) is 8.30. The SMILES string of the molecule is C[C@@H](C(=O)NCc1cnc2c(c1)c(Cl)cn2C)N1CCCC1C(N)=O.Cl. The number of aryl methyl sites for hydroxylation is 1. The van der Waals surface area contributed by atoms with Crippen molar-refractivity contribution in [2.75, 3.05) is 6.54 Å². The molecule has 1 aliphatic heterocycles. The molecule has 142 valence electrons. The van der Waals surface area contributed by atoms with Gasteiger partial charge in [0.1, 0.15) is 5.65 Å². The van der Waals surface area contributed by atoms with Gasteiger partial charge in [0.2, 0.25) is 11.8 Å². The molecule has 1 saturated heterocycles. The van der Waals surface area contributed by atoms with Crippen molar-refractivity contribution in [3.8, 4) is 0 Å². The van der Waals surface area contributed by atoms with E-state index < -0.39 is 6.04 Å². The minimum absolute atomic E-state index is 0. The van der Waals surface area contributed by atoms with Crippen LogP contribution in [-0.2, 0) is 23.2 Å². The summed E-state index contributed by atoms with van der Waals surface area (Å²) in [5.41, 5.74) is 7.10. The average Bonchev–Trinajstić information content (AvgIpc) is 3.17. The van der Waals surface area contributed by atoms with E-state index in [2.05, 4.69) is 10.3 Å². The zero-order valence-electron chi connectivity index (χ0n) is 14.7. The number of halogens is 2. The van der Waals surface area contributed by atoms with Crippen molar-refractivity contribution in [2.45, 2.75) is 38.4 Å². The van der Waals surface area contributed by atoms with Crippen LogP contribution in [0.25, 0.3) is 11.0 Å². The van der Waals surface area contributed by atoms with Crippen molar-refractivity contribution in [3.63, 3.8) is 0 Å². The Morgan fingerprint density at radius 3 is 2.92 bits per heavy atom. The summed E-state index contributed by atoms with van der Waals surface area (Å²) >= 11 is 6.20. The lowest BCUT2D eigenvalue weighted by molar-refractivity contribution is -0.129. The fourth-order valence-electron chi connectivity index (χ4n) is 3.40. The zero-order chi connectivity index (χ0) is 18.1. The maximum absolute atomic E-state index is 12.5. The van der Waals surface area contributed by atoms with Crippen LogP contribution in [0.4, 0.5) is 0 Å². The van der Waals surface area contributed by atoms with Gasteiger partial charge in [0, 0.05) is 31.4 Å². The molecule has 1 aliphatic rings. The van der Waals surface area contributed by atoms with E-state index >= 15 is 0 Å². The average molecular weight is 400 g/mol. The van der Waals surface area contributed by atoms with Gasteiger partial charge >= 0.3 is 0 Å². The Morgan fingerprint density at radius 1 is 1.50 bits per heavy atom. The second kappa shape index (κ2) is 8.24. The molecule has 3 N–H and O–H groups in total. The number of hydrogen-bond donors (Lipinski definition) is 2. The molecule has 2 amide bonds. The summed E-state index contributed by atoms with van der Waals surface area (Å²) in [5.74, 6) is -0.502. The molecule has 0 bridgehead atoms. The van der Waals surface area contributed by atoms with Crippen molar-refractivity contribution in [2.24, 2.45) is 12.8 Å². The smallest absolute Gasteiger partial charge is 0.237 e. The highest BCUT2D eigenvalue weighted by Crippen LogP contribution is 2.24. The normalized spacial score (nSPS) is 18.5. The number of likely N-dealkylation sites (tertiary alicyclic amines) is 1. The number of nitrogens with one attached hydrogen (secondary N) is 1. The summed E-state index contributed by atoms with van der Waals surface area (Å²) in [6.07, 6.45) is 5.12. The van der Waals surface area contributed by atoms with Crippen LogP contribution in [0.3, 0.4) is 0 Å². The highest BCUT2D eigenvalue weighted by atomic mass is 35.5. The largest absolute Gasteiger partial charge is 0.368 e. The molecular formula is C17H23Cl2N5O2. The third kappa shape index (κ3) is 3.95. The summed E-state index contributed by atoms with van der Waals surface area (Å²) in [6.45, 7) is 2.86. The third-order valence-electron chi connectivity index (χ3n) is 4.79. The summed E-state index contributed by atoms with van der Waals surface area (Å²) in [4.78, 5) is 30.2. The highest BCUT2D eigenvalue weighted by molar-refractivity contribution is 6.35. The van der Waals surface area contributed by atoms with E-state index in [1.54, 1.807) is 19.3 Å². The summed E-state index contributed by atoms with van der Waals surface area (Å²) in [7, 11) is 1.88. The molecular weight excluding hydrogens is 377 g/mol. The fraction of sp³-hybridized carbons (Fsp3) is 0.471. The monoisotopic (exact) mass is 399 g/mol. The number of rotatable bonds is 5. The summed E-state index contributed by atoms with van der Waals surface area (Å²) in [6, 6.07) is 1.16. The third-order valence-corrected chi connectivity index (χ3v) is 5.09. The van der Waals surface area contributed by atoms with Gasteiger partial charge in [-0.25, -0.2) is 4.98 Å². The Hall–Kier alpha value is -1.83. The van der Waals surface area contributed by atoms with Gasteiger partial charge < -0.3 is 15.6 Å². The van der Waals surface area contributed by atoms with Crippen LogP contribution in [-0.4, -0.2) is 44.9 Å². The number of carbonyl (C=O) groups is 2. The number of nitrogens with zero attached hydrogens (tertiary/aromatic N) is 3. The molecule has 1 fully saturated rings. The van der Waals surface area contributed by atoms with Crippen LogP contribution in [0.1, 0.15) is 25.3 Å². The second-order valence-electron chi connectivity index (χ2n) is 6.49. The minimum atomic E-state index is -0.406. The highest BCUT2D eigenvalue weighted by Gasteiger charge is 2.35. The van der Waals surface area contributed by atoms with Gasteiger partial charge in [0.25, 0.3) is 0 Å². The Labute approximate surface area is 163 Å². The van der Waals surface area contributed by atoms with Crippen LogP contribution >= 0.6 is 24.0 Å². The van der Waals surface area contributed by atoms with Gasteiger partial charge in [-0.1, -0.05) is 11.6 Å². The molecule has 2 atom stereocenters. The molecule has 3 rings (SSSR count). The van der Waals surface area contributed by atoms with Crippen molar-refractivity contribution in [1.29, 1.82) is 0 Å². The lowest BCUT2D eigenvalue weighted by Crippen LogP contribution is -2.50. The number of pyridine rings is 1. The Morgan fingerprint density at radius 2 is 2.23 bits per heavy atom. The van der Waals surface area contributed by atoms with Gasteiger partial charge in [-0.3, -0.25) is 14.5 Å². The maximum Gasteiger partial charge on any atom is 0.237 e. The molecule has 9 heteroatoms. The molecule has 2 aromatic rings. The van der Waals surface area contributed by atoms with Gasteiger partial charge in [-0.05, 0) is 37.9 Å². The van der Waals surface area contributed by atoms with Crippen molar-refractivity contribution in [1.82, 2.24) is 19.8 Å². The van der Waals surface area contributed by atoms with Crippen molar-refractivity contribution in [3.05, 3.63) is 29.0 Å². The number of fused-ring (bicyclic) bond motifs is 1. The molecule has 0 saturated carbocycles. The quantitative estimate of drug-likeness (QED) is 0.798. The molecule has 7 nitrogen and oxygen atoms in total. The summed E-state index contributed by atoms with van der Waals surface area (Å²) < 4.78 is 1.86. The number of carbonyl (C=O) groups excluding carboxylic acids is 2. The van der Waals surface area contributed by atoms with E-state index in [0.717, 1.165) is 23.0 Å². The summed E-state index contributed by atoms with van der Waals surface area (Å²) in [5, 5.41) is 4.39. The Kier molecular flexibility index (Phi) is 6.49. The van der Waals surface area contributed by atoms with E-state index in [0.29, 0.717) is 24.5 Å². The van der Waals surface area contributed by atoms with Gasteiger partial charge in [-0.15, -0.1) is 12.4 Å². The lowest BCUT2D eigenvalue weighted by Gasteiger charge is -2.27. The number of nitrogens with two attached hydrogens (primary N) is 1.